The Kier molecular flexibility index (Phi) is 4.45. The van der Waals surface area contributed by atoms with Gasteiger partial charge in [0.15, 0.2) is 17.3 Å². The monoisotopic (exact) mass is 277 g/mol. The Labute approximate surface area is 118 Å². The van der Waals surface area contributed by atoms with Crippen LogP contribution in [0.4, 0.5) is 0 Å². The van der Waals surface area contributed by atoms with E-state index in [0.717, 1.165) is 24.2 Å². The van der Waals surface area contributed by atoms with Crippen LogP contribution in [0.25, 0.3) is 11.4 Å². The zero-order valence-corrected chi connectivity index (χ0v) is 12.2. The van der Waals surface area contributed by atoms with Crippen LogP contribution in [0.1, 0.15) is 19.2 Å². The number of hydrogen-bond acceptors (Lipinski definition) is 5. The fourth-order valence-electron chi connectivity index (χ4n) is 2.04. The molecule has 0 fully saturated rings. The molecule has 1 aromatic heterocycles. The number of aryl methyl sites for hydroxylation is 1. The minimum absolute atomic E-state index is 0.536. The summed E-state index contributed by atoms with van der Waals surface area (Å²) in [6.45, 7) is 2.10. The van der Waals surface area contributed by atoms with Gasteiger partial charge in [0.05, 0.1) is 26.9 Å². The summed E-state index contributed by atoms with van der Waals surface area (Å²) in [6.07, 6.45) is 1.88. The van der Waals surface area contributed by atoms with E-state index in [9.17, 15) is 0 Å². The van der Waals surface area contributed by atoms with E-state index < -0.39 is 0 Å². The van der Waals surface area contributed by atoms with E-state index in [1.54, 1.807) is 21.3 Å². The Bertz CT molecular complexity index is 581. The molecule has 1 aromatic carbocycles. The van der Waals surface area contributed by atoms with E-state index in [2.05, 4.69) is 22.1 Å². The van der Waals surface area contributed by atoms with Gasteiger partial charge >= 0.3 is 0 Å². The van der Waals surface area contributed by atoms with Crippen molar-refractivity contribution in [1.82, 2.24) is 15.2 Å². The van der Waals surface area contributed by atoms with Crippen LogP contribution in [0, 0.1) is 0 Å². The van der Waals surface area contributed by atoms with Gasteiger partial charge in [-0.3, -0.25) is 5.10 Å². The average molecular weight is 277 g/mol. The number of rotatable bonds is 6. The quantitative estimate of drug-likeness (QED) is 0.878. The molecule has 0 unspecified atom stereocenters. The summed E-state index contributed by atoms with van der Waals surface area (Å²) in [5, 5.41) is 7.17. The SMILES string of the molecule is CCCc1nc(-c2ccc(OC)c(OC)c2OC)n[nH]1. The van der Waals surface area contributed by atoms with Gasteiger partial charge in [-0.2, -0.15) is 5.10 Å². The van der Waals surface area contributed by atoms with Gasteiger partial charge in [0.25, 0.3) is 0 Å². The molecule has 6 heteroatoms. The molecule has 0 atom stereocenters. The lowest BCUT2D eigenvalue weighted by molar-refractivity contribution is 0.325. The van der Waals surface area contributed by atoms with E-state index in [4.69, 9.17) is 14.2 Å². The van der Waals surface area contributed by atoms with Gasteiger partial charge in [0.1, 0.15) is 5.82 Å². The summed E-state index contributed by atoms with van der Waals surface area (Å²) in [6, 6.07) is 3.67. The second kappa shape index (κ2) is 6.27. The molecule has 20 heavy (non-hydrogen) atoms. The maximum Gasteiger partial charge on any atom is 0.204 e. The first-order chi connectivity index (χ1) is 9.74. The fourth-order valence-corrected chi connectivity index (χ4v) is 2.04. The van der Waals surface area contributed by atoms with E-state index >= 15 is 0 Å². The standard InChI is InChI=1S/C14H19N3O3/c1-5-6-11-15-14(17-16-11)9-7-8-10(18-2)13(20-4)12(9)19-3/h7-8H,5-6H2,1-4H3,(H,15,16,17). The lowest BCUT2D eigenvalue weighted by atomic mass is 10.1. The Balaban J connectivity index is 2.49. The number of hydrogen-bond donors (Lipinski definition) is 1. The highest BCUT2D eigenvalue weighted by Gasteiger charge is 2.19. The van der Waals surface area contributed by atoms with Crippen molar-refractivity contribution in [2.24, 2.45) is 0 Å². The van der Waals surface area contributed by atoms with Gasteiger partial charge in [-0.25, -0.2) is 4.98 Å². The van der Waals surface area contributed by atoms with Gasteiger partial charge in [0.2, 0.25) is 5.75 Å². The molecule has 0 saturated heterocycles. The Morgan fingerprint density at radius 2 is 1.80 bits per heavy atom. The highest BCUT2D eigenvalue weighted by molar-refractivity contribution is 5.72. The van der Waals surface area contributed by atoms with Crippen molar-refractivity contribution in [1.29, 1.82) is 0 Å². The Morgan fingerprint density at radius 1 is 1.05 bits per heavy atom. The number of nitrogens with one attached hydrogen (secondary N) is 1. The van der Waals surface area contributed by atoms with Gasteiger partial charge in [0, 0.05) is 6.42 Å². The lowest BCUT2D eigenvalue weighted by Gasteiger charge is -2.14. The van der Waals surface area contributed by atoms with Gasteiger partial charge in [-0.1, -0.05) is 6.92 Å². The second-order valence-electron chi connectivity index (χ2n) is 4.24. The second-order valence-corrected chi connectivity index (χ2v) is 4.24. The molecule has 0 amide bonds. The predicted molar refractivity (Wildman–Crippen MR) is 75.5 cm³/mol. The van der Waals surface area contributed by atoms with Gasteiger partial charge in [-0.05, 0) is 18.6 Å². The number of H-pyrrole nitrogens is 1. The van der Waals surface area contributed by atoms with Crippen molar-refractivity contribution in [2.75, 3.05) is 21.3 Å². The van der Waals surface area contributed by atoms with Crippen molar-refractivity contribution in [3.8, 4) is 28.6 Å². The van der Waals surface area contributed by atoms with E-state index in [1.165, 1.54) is 0 Å². The van der Waals surface area contributed by atoms with E-state index in [1.807, 2.05) is 12.1 Å². The van der Waals surface area contributed by atoms with E-state index in [-0.39, 0.29) is 0 Å². The summed E-state index contributed by atoms with van der Waals surface area (Å²) in [4.78, 5) is 4.47. The van der Waals surface area contributed by atoms with Crippen molar-refractivity contribution in [3.63, 3.8) is 0 Å². The molecule has 0 aliphatic rings. The molecular formula is C14H19N3O3. The zero-order chi connectivity index (χ0) is 14.5. The zero-order valence-electron chi connectivity index (χ0n) is 12.2. The summed E-state index contributed by atoms with van der Waals surface area (Å²) >= 11 is 0. The van der Waals surface area contributed by atoms with Crippen molar-refractivity contribution in [3.05, 3.63) is 18.0 Å². The first-order valence-corrected chi connectivity index (χ1v) is 6.45. The molecule has 1 heterocycles. The third-order valence-electron chi connectivity index (χ3n) is 2.96. The minimum atomic E-state index is 0.536. The molecule has 0 spiro atoms. The van der Waals surface area contributed by atoms with Gasteiger partial charge < -0.3 is 14.2 Å². The van der Waals surface area contributed by atoms with E-state index in [0.29, 0.717) is 23.1 Å². The molecule has 0 radical (unpaired) electrons. The molecule has 6 nitrogen and oxygen atoms in total. The average Bonchev–Trinajstić information content (AvgIpc) is 2.94. The van der Waals surface area contributed by atoms with Crippen LogP contribution in [0.2, 0.25) is 0 Å². The first-order valence-electron chi connectivity index (χ1n) is 6.45. The molecule has 0 bridgehead atoms. The molecular weight excluding hydrogens is 258 g/mol. The van der Waals surface area contributed by atoms with Crippen molar-refractivity contribution < 1.29 is 14.2 Å². The smallest absolute Gasteiger partial charge is 0.204 e. The number of aromatic amines is 1. The molecule has 0 aliphatic heterocycles. The maximum atomic E-state index is 5.43. The summed E-state index contributed by atoms with van der Waals surface area (Å²) in [5.74, 6) is 3.16. The van der Waals surface area contributed by atoms with Crippen LogP contribution in [-0.2, 0) is 6.42 Å². The third kappa shape index (κ3) is 2.54. The van der Waals surface area contributed by atoms with Crippen LogP contribution in [0.5, 0.6) is 17.2 Å². The van der Waals surface area contributed by atoms with Crippen LogP contribution in [0.15, 0.2) is 12.1 Å². The molecule has 2 rings (SSSR count). The number of nitrogens with zero attached hydrogens (tertiary/aromatic N) is 2. The maximum absolute atomic E-state index is 5.43. The summed E-state index contributed by atoms with van der Waals surface area (Å²) in [5.41, 5.74) is 0.767. The number of benzene rings is 1. The minimum Gasteiger partial charge on any atom is -0.493 e. The topological polar surface area (TPSA) is 69.3 Å². The normalized spacial score (nSPS) is 10.4. The first kappa shape index (κ1) is 14.2. The van der Waals surface area contributed by atoms with Crippen LogP contribution < -0.4 is 14.2 Å². The highest BCUT2D eigenvalue weighted by Crippen LogP contribution is 2.43. The number of aromatic nitrogens is 3. The fraction of sp³-hybridized carbons (Fsp3) is 0.429. The Morgan fingerprint density at radius 3 is 2.40 bits per heavy atom. The third-order valence-corrected chi connectivity index (χ3v) is 2.96. The summed E-state index contributed by atoms with van der Waals surface area (Å²) in [7, 11) is 4.74. The number of ether oxygens (including phenoxy) is 3. The molecule has 0 saturated carbocycles. The molecule has 0 aliphatic carbocycles. The van der Waals surface area contributed by atoms with Crippen LogP contribution >= 0.6 is 0 Å². The predicted octanol–water partition coefficient (Wildman–Crippen LogP) is 2.45. The van der Waals surface area contributed by atoms with Crippen molar-refractivity contribution >= 4 is 0 Å². The van der Waals surface area contributed by atoms with Crippen molar-refractivity contribution in [2.45, 2.75) is 19.8 Å². The highest BCUT2D eigenvalue weighted by atomic mass is 16.5. The van der Waals surface area contributed by atoms with Gasteiger partial charge in [-0.15, -0.1) is 0 Å². The largest absolute Gasteiger partial charge is 0.493 e. The van der Waals surface area contributed by atoms with Crippen LogP contribution in [-0.4, -0.2) is 36.5 Å². The number of methoxy groups -OCH3 is 3. The lowest BCUT2D eigenvalue weighted by Crippen LogP contribution is -1.97. The Hall–Kier alpha value is -2.24. The molecule has 2 aromatic rings. The molecule has 108 valence electrons. The summed E-state index contributed by atoms with van der Waals surface area (Å²) < 4.78 is 16.1. The van der Waals surface area contributed by atoms with Crippen LogP contribution in [0.3, 0.4) is 0 Å². The molecule has 1 N–H and O–H groups in total.